The fraction of sp³-hybridized carbons (Fsp3) is 0.300. The van der Waals surface area contributed by atoms with Crippen molar-refractivity contribution in [2.45, 2.75) is 26.7 Å². The Morgan fingerprint density at radius 3 is 2.28 bits per heavy atom. The highest BCUT2D eigenvalue weighted by atomic mass is 16.5. The van der Waals surface area contributed by atoms with Gasteiger partial charge in [-0.05, 0) is 43.2 Å². The van der Waals surface area contributed by atoms with Crippen LogP contribution < -0.4 is 15.4 Å². The second kappa shape index (κ2) is 8.87. The Hall–Kier alpha value is -2.82. The van der Waals surface area contributed by atoms with E-state index in [0.717, 1.165) is 12.8 Å². The number of carbonyl (C=O) groups excluding carboxylic acids is 2. The summed E-state index contributed by atoms with van der Waals surface area (Å²) in [6.07, 6.45) is 1.58. The Morgan fingerprint density at radius 2 is 1.68 bits per heavy atom. The van der Waals surface area contributed by atoms with Crippen LogP contribution in [0.2, 0.25) is 0 Å². The lowest BCUT2D eigenvalue weighted by Crippen LogP contribution is -2.21. The minimum absolute atomic E-state index is 0.0181. The lowest BCUT2D eigenvalue weighted by atomic mass is 10.0. The normalized spacial score (nSPS) is 10.4. The van der Waals surface area contributed by atoms with Gasteiger partial charge in [0.05, 0.1) is 12.8 Å². The molecule has 2 aromatic rings. The molecule has 0 radical (unpaired) electrons. The van der Waals surface area contributed by atoms with Gasteiger partial charge in [0.1, 0.15) is 5.75 Å². The van der Waals surface area contributed by atoms with Crippen molar-refractivity contribution in [3.8, 4) is 5.75 Å². The van der Waals surface area contributed by atoms with E-state index in [1.807, 2.05) is 19.9 Å². The van der Waals surface area contributed by atoms with Gasteiger partial charge >= 0.3 is 0 Å². The molecule has 132 valence electrons. The molecule has 0 aromatic heterocycles. The highest BCUT2D eigenvalue weighted by molar-refractivity contribution is 6.05. The molecule has 0 aliphatic heterocycles. The van der Waals surface area contributed by atoms with Crippen LogP contribution in [0.15, 0.2) is 48.5 Å². The summed E-state index contributed by atoms with van der Waals surface area (Å²) in [6.45, 7) is 3.99. The van der Waals surface area contributed by atoms with Gasteiger partial charge in [-0.15, -0.1) is 0 Å². The number of hydrogen-bond acceptors (Lipinski definition) is 3. The molecule has 2 amide bonds. The quantitative estimate of drug-likeness (QED) is 0.788. The number of rotatable bonds is 7. The van der Waals surface area contributed by atoms with Crippen LogP contribution in [-0.2, 0) is 4.79 Å². The first-order valence-electron chi connectivity index (χ1n) is 8.44. The predicted molar refractivity (Wildman–Crippen MR) is 100 cm³/mol. The van der Waals surface area contributed by atoms with Crippen molar-refractivity contribution in [2.24, 2.45) is 5.92 Å². The summed E-state index contributed by atoms with van der Waals surface area (Å²) in [4.78, 5) is 24.6. The van der Waals surface area contributed by atoms with E-state index in [4.69, 9.17) is 4.74 Å². The van der Waals surface area contributed by atoms with Crippen molar-refractivity contribution in [1.82, 2.24) is 0 Å². The first-order valence-corrected chi connectivity index (χ1v) is 8.44. The van der Waals surface area contributed by atoms with Crippen LogP contribution in [0.4, 0.5) is 11.4 Å². The zero-order valence-corrected chi connectivity index (χ0v) is 14.8. The molecule has 0 bridgehead atoms. The minimum Gasteiger partial charge on any atom is -0.495 e. The molecule has 2 aromatic carbocycles. The predicted octanol–water partition coefficient (Wildman–Crippen LogP) is 4.32. The fourth-order valence-electron chi connectivity index (χ4n) is 2.57. The van der Waals surface area contributed by atoms with E-state index in [1.165, 1.54) is 7.11 Å². The molecule has 2 rings (SSSR count). The van der Waals surface area contributed by atoms with Crippen LogP contribution in [0.3, 0.4) is 0 Å². The monoisotopic (exact) mass is 340 g/mol. The summed E-state index contributed by atoms with van der Waals surface area (Å²) in [5.41, 5.74) is 1.69. The van der Waals surface area contributed by atoms with Gasteiger partial charge in [-0.1, -0.05) is 32.0 Å². The van der Waals surface area contributed by atoms with Crippen LogP contribution in [0.5, 0.6) is 5.75 Å². The number of carbonyl (C=O) groups is 2. The van der Waals surface area contributed by atoms with Gasteiger partial charge in [-0.3, -0.25) is 9.59 Å². The number of nitrogens with one attached hydrogen (secondary N) is 2. The third-order valence-electron chi connectivity index (χ3n) is 4.11. The van der Waals surface area contributed by atoms with E-state index < -0.39 is 0 Å². The molecule has 0 atom stereocenters. The first kappa shape index (κ1) is 18.5. The average molecular weight is 340 g/mol. The van der Waals surface area contributed by atoms with Gasteiger partial charge < -0.3 is 15.4 Å². The average Bonchev–Trinajstić information content (AvgIpc) is 2.63. The minimum atomic E-state index is -0.234. The molecule has 25 heavy (non-hydrogen) atoms. The standard InChI is InChI=1S/C20H24N2O3/c1-4-14(5-2)19(23)21-16-11-12-18(25-3)17(13-16)22-20(24)15-9-7-6-8-10-15/h6-14H,4-5H2,1-3H3,(H,21,23)(H,22,24). The van der Waals surface area contributed by atoms with Crippen molar-refractivity contribution >= 4 is 23.2 Å². The van der Waals surface area contributed by atoms with E-state index in [-0.39, 0.29) is 17.7 Å². The molecule has 0 unspecified atom stereocenters. The van der Waals surface area contributed by atoms with E-state index in [1.54, 1.807) is 42.5 Å². The second-order valence-electron chi connectivity index (χ2n) is 5.74. The number of amides is 2. The molecule has 0 fully saturated rings. The SMILES string of the molecule is CCC(CC)C(=O)Nc1ccc(OC)c(NC(=O)c2ccccc2)c1. The van der Waals surface area contributed by atoms with Crippen molar-refractivity contribution in [2.75, 3.05) is 17.7 Å². The number of ether oxygens (including phenoxy) is 1. The zero-order valence-electron chi connectivity index (χ0n) is 14.8. The third kappa shape index (κ3) is 4.83. The Bertz CT molecular complexity index is 725. The van der Waals surface area contributed by atoms with Crippen molar-refractivity contribution in [3.05, 3.63) is 54.1 Å². The Kier molecular flexibility index (Phi) is 6.57. The molecule has 5 heteroatoms. The van der Waals surface area contributed by atoms with Crippen LogP contribution in [0, 0.1) is 5.92 Å². The summed E-state index contributed by atoms with van der Waals surface area (Å²) in [6, 6.07) is 14.1. The van der Waals surface area contributed by atoms with Gasteiger partial charge in [-0.25, -0.2) is 0 Å². The molecular formula is C20H24N2O3. The van der Waals surface area contributed by atoms with Crippen LogP contribution in [0.25, 0.3) is 0 Å². The number of methoxy groups -OCH3 is 1. The van der Waals surface area contributed by atoms with Gasteiger partial charge in [0, 0.05) is 17.2 Å². The van der Waals surface area contributed by atoms with Crippen LogP contribution >= 0.6 is 0 Å². The van der Waals surface area contributed by atoms with Crippen molar-refractivity contribution < 1.29 is 14.3 Å². The Morgan fingerprint density at radius 1 is 1.00 bits per heavy atom. The maximum atomic E-state index is 12.4. The summed E-state index contributed by atoms with van der Waals surface area (Å²) < 4.78 is 5.30. The number of anilines is 2. The largest absolute Gasteiger partial charge is 0.495 e. The zero-order chi connectivity index (χ0) is 18.2. The van der Waals surface area contributed by atoms with E-state index in [9.17, 15) is 9.59 Å². The maximum absolute atomic E-state index is 12.4. The lowest BCUT2D eigenvalue weighted by Gasteiger charge is -2.15. The maximum Gasteiger partial charge on any atom is 0.255 e. The smallest absolute Gasteiger partial charge is 0.255 e. The Balaban J connectivity index is 2.19. The van der Waals surface area contributed by atoms with E-state index in [2.05, 4.69) is 10.6 Å². The number of benzene rings is 2. The number of hydrogen-bond donors (Lipinski definition) is 2. The van der Waals surface area contributed by atoms with Gasteiger partial charge in [0.15, 0.2) is 0 Å². The second-order valence-corrected chi connectivity index (χ2v) is 5.74. The van der Waals surface area contributed by atoms with E-state index in [0.29, 0.717) is 22.7 Å². The van der Waals surface area contributed by atoms with Gasteiger partial charge in [-0.2, -0.15) is 0 Å². The molecule has 0 spiro atoms. The molecule has 0 heterocycles. The summed E-state index contributed by atoms with van der Waals surface area (Å²) in [7, 11) is 1.54. The highest BCUT2D eigenvalue weighted by Gasteiger charge is 2.16. The molecule has 0 aliphatic rings. The molecule has 0 saturated carbocycles. The summed E-state index contributed by atoms with van der Waals surface area (Å²) in [5, 5.41) is 5.74. The molecule has 5 nitrogen and oxygen atoms in total. The van der Waals surface area contributed by atoms with Crippen molar-refractivity contribution in [3.63, 3.8) is 0 Å². The summed E-state index contributed by atoms with van der Waals surface area (Å²) >= 11 is 0. The van der Waals surface area contributed by atoms with Gasteiger partial charge in [0.25, 0.3) is 5.91 Å². The van der Waals surface area contributed by atoms with Gasteiger partial charge in [0.2, 0.25) is 5.91 Å². The van der Waals surface area contributed by atoms with Crippen LogP contribution in [0.1, 0.15) is 37.0 Å². The Labute approximate surface area is 148 Å². The summed E-state index contributed by atoms with van der Waals surface area (Å²) in [5.74, 6) is 0.257. The lowest BCUT2D eigenvalue weighted by molar-refractivity contribution is -0.120. The molecular weight excluding hydrogens is 316 g/mol. The van der Waals surface area contributed by atoms with E-state index >= 15 is 0 Å². The fourth-order valence-corrected chi connectivity index (χ4v) is 2.57. The van der Waals surface area contributed by atoms with Crippen molar-refractivity contribution in [1.29, 1.82) is 0 Å². The molecule has 2 N–H and O–H groups in total. The topological polar surface area (TPSA) is 67.4 Å². The third-order valence-corrected chi connectivity index (χ3v) is 4.11. The molecule has 0 saturated heterocycles. The highest BCUT2D eigenvalue weighted by Crippen LogP contribution is 2.28. The molecule has 0 aliphatic carbocycles. The first-order chi connectivity index (χ1) is 12.1. The van der Waals surface area contributed by atoms with Crippen LogP contribution in [-0.4, -0.2) is 18.9 Å².